The summed E-state index contributed by atoms with van der Waals surface area (Å²) in [6, 6.07) is 18.7. The highest BCUT2D eigenvalue weighted by molar-refractivity contribution is 5.87. The van der Waals surface area contributed by atoms with E-state index in [1.54, 1.807) is 6.07 Å². The lowest BCUT2D eigenvalue weighted by molar-refractivity contribution is -0.385. The van der Waals surface area contributed by atoms with Gasteiger partial charge in [0.05, 0.1) is 36.8 Å². The summed E-state index contributed by atoms with van der Waals surface area (Å²) in [5.41, 5.74) is 4.62. The van der Waals surface area contributed by atoms with Gasteiger partial charge in [0.2, 0.25) is 0 Å². The maximum atomic E-state index is 11.9. The third-order valence-corrected chi connectivity index (χ3v) is 6.21. The highest BCUT2D eigenvalue weighted by Crippen LogP contribution is 2.42. The first-order valence-corrected chi connectivity index (χ1v) is 11.0. The molecule has 5 rings (SSSR count). The van der Waals surface area contributed by atoms with Crippen molar-refractivity contribution in [3.63, 3.8) is 0 Å². The van der Waals surface area contributed by atoms with E-state index in [0.717, 1.165) is 39.9 Å². The molecule has 4 aromatic rings. The summed E-state index contributed by atoms with van der Waals surface area (Å²) >= 11 is 0. The first kappa shape index (κ1) is 21.8. The minimum Gasteiger partial charge on any atom is -0.493 e. The van der Waals surface area contributed by atoms with Crippen LogP contribution in [0.2, 0.25) is 0 Å². The Hall–Kier alpha value is -4.04. The number of H-pyrrole nitrogens is 1. The summed E-state index contributed by atoms with van der Waals surface area (Å²) < 4.78 is 16.7. The fourth-order valence-corrected chi connectivity index (χ4v) is 4.58. The van der Waals surface area contributed by atoms with E-state index in [2.05, 4.69) is 10.3 Å². The Balaban J connectivity index is 1.54. The minimum atomic E-state index is -0.384. The molecule has 0 saturated heterocycles. The Morgan fingerprint density at radius 3 is 2.53 bits per heavy atom. The fourth-order valence-electron chi connectivity index (χ4n) is 4.58. The zero-order chi connectivity index (χ0) is 23.7. The van der Waals surface area contributed by atoms with Gasteiger partial charge in [0.15, 0.2) is 11.5 Å². The Morgan fingerprint density at radius 2 is 1.79 bits per heavy atom. The second kappa shape index (κ2) is 9.07. The highest BCUT2D eigenvalue weighted by atomic mass is 16.6. The smallest absolute Gasteiger partial charge is 0.278 e. The molecule has 1 atom stereocenters. The standard InChI is InChI=1S/C26H25N3O5/c1-32-23-13-20(22(29(30)31)14-24(23)33-2)25-26-18(10-11-27-25)19-12-17(8-9-21(19)28-26)34-15-16-6-4-3-5-7-16/h3-9,12-14,25,27-28H,10-11,15H2,1-2H3. The highest BCUT2D eigenvalue weighted by Gasteiger charge is 2.32. The van der Waals surface area contributed by atoms with Gasteiger partial charge in [-0.1, -0.05) is 30.3 Å². The van der Waals surface area contributed by atoms with Gasteiger partial charge in [-0.3, -0.25) is 10.1 Å². The van der Waals surface area contributed by atoms with Gasteiger partial charge in [0.25, 0.3) is 5.69 Å². The van der Waals surface area contributed by atoms with Gasteiger partial charge in [0, 0.05) is 23.1 Å². The molecular weight excluding hydrogens is 434 g/mol. The first-order chi connectivity index (χ1) is 16.6. The monoisotopic (exact) mass is 459 g/mol. The molecule has 8 heteroatoms. The van der Waals surface area contributed by atoms with E-state index in [0.29, 0.717) is 30.2 Å². The molecular formula is C26H25N3O5. The van der Waals surface area contributed by atoms with Crippen molar-refractivity contribution >= 4 is 16.6 Å². The lowest BCUT2D eigenvalue weighted by atomic mass is 9.93. The van der Waals surface area contributed by atoms with Gasteiger partial charge >= 0.3 is 0 Å². The van der Waals surface area contributed by atoms with E-state index < -0.39 is 0 Å². The van der Waals surface area contributed by atoms with Crippen LogP contribution in [0.1, 0.15) is 28.4 Å². The Labute approximate surface area is 196 Å². The second-order valence-corrected chi connectivity index (χ2v) is 8.16. The lowest BCUT2D eigenvalue weighted by Gasteiger charge is -2.25. The number of nitro groups is 1. The predicted molar refractivity (Wildman–Crippen MR) is 129 cm³/mol. The largest absolute Gasteiger partial charge is 0.493 e. The summed E-state index contributed by atoms with van der Waals surface area (Å²) in [6.07, 6.45) is 0.801. The van der Waals surface area contributed by atoms with Gasteiger partial charge in [-0.2, -0.15) is 0 Å². The Morgan fingerprint density at radius 1 is 1.03 bits per heavy atom. The number of nitro benzene ring substituents is 1. The molecule has 0 saturated carbocycles. The van der Waals surface area contributed by atoms with Gasteiger partial charge in [-0.15, -0.1) is 0 Å². The maximum Gasteiger partial charge on any atom is 0.278 e. The van der Waals surface area contributed by atoms with E-state index in [1.807, 2.05) is 48.5 Å². The van der Waals surface area contributed by atoms with Crippen molar-refractivity contribution in [3.05, 3.63) is 93.2 Å². The molecule has 2 heterocycles. The molecule has 34 heavy (non-hydrogen) atoms. The van der Waals surface area contributed by atoms with Crippen LogP contribution in [0.4, 0.5) is 5.69 Å². The van der Waals surface area contributed by atoms with Crippen molar-refractivity contribution in [1.29, 1.82) is 0 Å². The molecule has 1 aliphatic heterocycles. The SMILES string of the molecule is COc1cc(C2NCCc3c2[nH]c2ccc(OCc4ccccc4)cc32)c([N+](=O)[O-])cc1OC. The number of rotatable bonds is 7. The zero-order valence-corrected chi connectivity index (χ0v) is 19.0. The van der Waals surface area contributed by atoms with Gasteiger partial charge in [-0.05, 0) is 41.8 Å². The second-order valence-electron chi connectivity index (χ2n) is 8.16. The Bertz CT molecular complexity index is 1350. The number of aromatic nitrogens is 1. The molecule has 0 fully saturated rings. The van der Waals surface area contributed by atoms with E-state index in [1.165, 1.54) is 20.3 Å². The van der Waals surface area contributed by atoms with E-state index in [-0.39, 0.29) is 16.7 Å². The number of methoxy groups -OCH3 is 2. The number of benzene rings is 3. The van der Waals surface area contributed by atoms with Crippen molar-refractivity contribution in [2.75, 3.05) is 20.8 Å². The number of nitrogens with zero attached hydrogens (tertiary/aromatic N) is 1. The molecule has 2 N–H and O–H groups in total. The zero-order valence-electron chi connectivity index (χ0n) is 19.0. The van der Waals surface area contributed by atoms with Crippen LogP contribution in [-0.2, 0) is 13.0 Å². The molecule has 8 nitrogen and oxygen atoms in total. The third-order valence-electron chi connectivity index (χ3n) is 6.21. The molecule has 0 spiro atoms. The molecule has 1 aliphatic rings. The van der Waals surface area contributed by atoms with Crippen LogP contribution in [0.25, 0.3) is 10.9 Å². The molecule has 0 bridgehead atoms. The fraction of sp³-hybridized carbons (Fsp3) is 0.231. The molecule has 0 aliphatic carbocycles. The first-order valence-electron chi connectivity index (χ1n) is 11.0. The third kappa shape index (κ3) is 3.92. The molecule has 0 amide bonds. The minimum absolute atomic E-state index is 0.0199. The van der Waals surface area contributed by atoms with Gasteiger partial charge in [0.1, 0.15) is 12.4 Å². The average Bonchev–Trinajstić information content (AvgIpc) is 3.25. The quantitative estimate of drug-likeness (QED) is 0.301. The van der Waals surface area contributed by atoms with Crippen molar-refractivity contribution < 1.29 is 19.1 Å². The van der Waals surface area contributed by atoms with Crippen LogP contribution < -0.4 is 19.5 Å². The number of nitrogens with one attached hydrogen (secondary N) is 2. The van der Waals surface area contributed by atoms with Crippen LogP contribution in [-0.4, -0.2) is 30.7 Å². The van der Waals surface area contributed by atoms with E-state index in [9.17, 15) is 10.1 Å². The van der Waals surface area contributed by atoms with Crippen LogP contribution >= 0.6 is 0 Å². The lowest BCUT2D eigenvalue weighted by Crippen LogP contribution is -2.31. The number of hydrogen-bond acceptors (Lipinski definition) is 6. The maximum absolute atomic E-state index is 11.9. The average molecular weight is 460 g/mol. The summed E-state index contributed by atoms with van der Waals surface area (Å²) in [4.78, 5) is 15.0. The van der Waals surface area contributed by atoms with E-state index >= 15 is 0 Å². The number of ether oxygens (including phenoxy) is 3. The molecule has 1 unspecified atom stereocenters. The number of hydrogen-bond donors (Lipinski definition) is 2. The van der Waals surface area contributed by atoms with E-state index in [4.69, 9.17) is 14.2 Å². The number of aromatic amines is 1. The molecule has 3 aromatic carbocycles. The summed E-state index contributed by atoms with van der Waals surface area (Å²) in [5.74, 6) is 1.56. The molecule has 174 valence electrons. The summed E-state index contributed by atoms with van der Waals surface area (Å²) in [7, 11) is 2.99. The number of fused-ring (bicyclic) bond motifs is 3. The Kier molecular flexibility index (Phi) is 5.81. The van der Waals surface area contributed by atoms with Crippen LogP contribution in [0.5, 0.6) is 17.2 Å². The van der Waals surface area contributed by atoms with Crippen LogP contribution in [0.3, 0.4) is 0 Å². The van der Waals surface area contributed by atoms with Crippen molar-refractivity contribution in [3.8, 4) is 17.2 Å². The van der Waals surface area contributed by atoms with Crippen LogP contribution in [0, 0.1) is 10.1 Å². The summed E-state index contributed by atoms with van der Waals surface area (Å²) in [5, 5.41) is 16.4. The normalized spacial score (nSPS) is 15.1. The van der Waals surface area contributed by atoms with Gasteiger partial charge in [-0.25, -0.2) is 0 Å². The van der Waals surface area contributed by atoms with Crippen LogP contribution in [0.15, 0.2) is 60.7 Å². The van der Waals surface area contributed by atoms with Crippen molar-refractivity contribution in [2.45, 2.75) is 19.1 Å². The summed E-state index contributed by atoms with van der Waals surface area (Å²) in [6.45, 7) is 1.17. The molecule has 1 aromatic heterocycles. The predicted octanol–water partition coefficient (Wildman–Crippen LogP) is 4.91. The molecule has 0 radical (unpaired) electrons. The van der Waals surface area contributed by atoms with Crippen molar-refractivity contribution in [2.24, 2.45) is 0 Å². The van der Waals surface area contributed by atoms with Gasteiger partial charge < -0.3 is 24.5 Å². The topological polar surface area (TPSA) is 98.7 Å². The van der Waals surface area contributed by atoms with Crippen molar-refractivity contribution in [1.82, 2.24) is 10.3 Å².